The third-order valence-electron chi connectivity index (χ3n) is 6.52. The molecule has 1 saturated heterocycles. The minimum Gasteiger partial charge on any atom is -0.392 e. The van der Waals surface area contributed by atoms with E-state index >= 15 is 0 Å². The molecule has 2 N–H and O–H groups in total. The highest BCUT2D eigenvalue weighted by atomic mass is 16.7. The highest BCUT2D eigenvalue weighted by Gasteiger charge is 2.47. The Kier molecular flexibility index (Phi) is 5.18. The summed E-state index contributed by atoms with van der Waals surface area (Å²) in [7, 11) is 0. The van der Waals surface area contributed by atoms with Crippen LogP contribution in [0.1, 0.15) is 42.5 Å². The van der Waals surface area contributed by atoms with Crippen LogP contribution < -0.4 is 0 Å². The Balaban J connectivity index is 1.54. The van der Waals surface area contributed by atoms with Crippen molar-refractivity contribution in [2.24, 2.45) is 0 Å². The number of aryl methyl sites for hydroxylation is 1. The van der Waals surface area contributed by atoms with Gasteiger partial charge in [-0.3, -0.25) is 0 Å². The molecule has 0 bridgehead atoms. The van der Waals surface area contributed by atoms with E-state index in [2.05, 4.69) is 25.1 Å². The maximum atomic E-state index is 11.5. The summed E-state index contributed by atoms with van der Waals surface area (Å²) in [6.45, 7) is 3.31. The molecule has 31 heavy (non-hydrogen) atoms. The summed E-state index contributed by atoms with van der Waals surface area (Å²) in [5, 5.41) is 25.8. The van der Waals surface area contributed by atoms with Gasteiger partial charge in [-0.05, 0) is 49.6 Å². The van der Waals surface area contributed by atoms with Crippen LogP contribution in [-0.4, -0.2) is 39.0 Å². The van der Waals surface area contributed by atoms with Crippen LogP contribution in [0, 0.1) is 6.92 Å². The number of aliphatic hydroxyl groups is 2. The van der Waals surface area contributed by atoms with Gasteiger partial charge in [0.2, 0.25) is 0 Å². The Hall–Kier alpha value is -2.51. The molecule has 3 aromatic rings. The van der Waals surface area contributed by atoms with Gasteiger partial charge in [0.25, 0.3) is 0 Å². The van der Waals surface area contributed by atoms with Crippen molar-refractivity contribution in [1.82, 2.24) is 9.78 Å². The van der Waals surface area contributed by atoms with Gasteiger partial charge in [-0.15, -0.1) is 0 Å². The standard InChI is InChI=1S/C25H28N2O4/c1-18-3-2-4-20(15-18)22-16-23(26-27(22)21-7-5-19(17-28)6-8-21)24(29)9-11-25(12-10-24)30-13-14-31-25/h2-8,15-16,28-29H,9-14,17H2,1H3. The van der Waals surface area contributed by atoms with Crippen molar-refractivity contribution >= 4 is 0 Å². The summed E-state index contributed by atoms with van der Waals surface area (Å²) >= 11 is 0. The van der Waals surface area contributed by atoms with Gasteiger partial charge < -0.3 is 19.7 Å². The fraction of sp³-hybridized carbons (Fsp3) is 0.400. The first-order valence-electron chi connectivity index (χ1n) is 10.9. The van der Waals surface area contributed by atoms with Crippen molar-refractivity contribution in [1.29, 1.82) is 0 Å². The highest BCUT2D eigenvalue weighted by Crippen LogP contribution is 2.45. The molecule has 1 aromatic heterocycles. The molecule has 162 valence electrons. The lowest BCUT2D eigenvalue weighted by Gasteiger charge is -2.39. The molecule has 1 saturated carbocycles. The first-order valence-corrected chi connectivity index (χ1v) is 10.9. The van der Waals surface area contributed by atoms with E-state index in [0.29, 0.717) is 44.6 Å². The van der Waals surface area contributed by atoms with Crippen molar-refractivity contribution in [3.05, 3.63) is 71.4 Å². The number of aliphatic hydroxyl groups excluding tert-OH is 1. The van der Waals surface area contributed by atoms with E-state index in [0.717, 1.165) is 28.1 Å². The third kappa shape index (κ3) is 3.81. The number of benzene rings is 2. The normalized spacial score (nSPS) is 19.7. The predicted octanol–water partition coefficient (Wildman–Crippen LogP) is 3.84. The van der Waals surface area contributed by atoms with Crippen molar-refractivity contribution in [3.8, 4) is 16.9 Å². The highest BCUT2D eigenvalue weighted by molar-refractivity contribution is 5.64. The zero-order valence-corrected chi connectivity index (χ0v) is 17.8. The van der Waals surface area contributed by atoms with E-state index in [4.69, 9.17) is 14.6 Å². The fourth-order valence-electron chi connectivity index (χ4n) is 4.64. The third-order valence-corrected chi connectivity index (χ3v) is 6.52. The lowest BCUT2D eigenvalue weighted by molar-refractivity contribution is -0.204. The second kappa shape index (κ2) is 7.88. The number of hydrogen-bond donors (Lipinski definition) is 2. The molecule has 1 aliphatic heterocycles. The molecule has 1 aliphatic carbocycles. The molecule has 0 amide bonds. The smallest absolute Gasteiger partial charge is 0.168 e. The number of hydrogen-bond acceptors (Lipinski definition) is 5. The predicted molar refractivity (Wildman–Crippen MR) is 117 cm³/mol. The zero-order chi connectivity index (χ0) is 21.5. The zero-order valence-electron chi connectivity index (χ0n) is 17.8. The molecular weight excluding hydrogens is 392 g/mol. The van der Waals surface area contributed by atoms with Crippen molar-refractivity contribution < 1.29 is 19.7 Å². The van der Waals surface area contributed by atoms with Crippen molar-refractivity contribution in [3.63, 3.8) is 0 Å². The minimum absolute atomic E-state index is 0.00101. The first kappa shape index (κ1) is 20.4. The summed E-state index contributed by atoms with van der Waals surface area (Å²) in [4.78, 5) is 0. The summed E-state index contributed by atoms with van der Waals surface area (Å²) in [5.41, 5.74) is 4.52. The van der Waals surface area contributed by atoms with Crippen LogP contribution in [0.3, 0.4) is 0 Å². The average Bonchev–Trinajstić information content (AvgIpc) is 3.45. The number of nitrogens with zero attached hydrogens (tertiary/aromatic N) is 2. The topological polar surface area (TPSA) is 76.7 Å². The maximum Gasteiger partial charge on any atom is 0.168 e. The quantitative estimate of drug-likeness (QED) is 0.671. The molecule has 2 heterocycles. The van der Waals surface area contributed by atoms with Crippen LogP contribution in [0.25, 0.3) is 16.9 Å². The summed E-state index contributed by atoms with van der Waals surface area (Å²) < 4.78 is 13.6. The van der Waals surface area contributed by atoms with Gasteiger partial charge in [-0.1, -0.05) is 35.9 Å². The summed E-state index contributed by atoms with van der Waals surface area (Å²) in [6.07, 6.45) is 2.39. The van der Waals surface area contributed by atoms with Gasteiger partial charge >= 0.3 is 0 Å². The maximum absolute atomic E-state index is 11.5. The van der Waals surface area contributed by atoms with Crippen LogP contribution in [-0.2, 0) is 21.7 Å². The molecule has 6 nitrogen and oxygen atoms in total. The lowest BCUT2D eigenvalue weighted by Crippen LogP contribution is -2.42. The monoisotopic (exact) mass is 420 g/mol. The molecule has 0 radical (unpaired) electrons. The molecule has 2 fully saturated rings. The van der Waals surface area contributed by atoms with Crippen LogP contribution in [0.15, 0.2) is 54.6 Å². The molecule has 1 spiro atoms. The molecule has 2 aromatic carbocycles. The first-order chi connectivity index (χ1) is 15.0. The molecule has 0 unspecified atom stereocenters. The minimum atomic E-state index is -1.02. The fourth-order valence-corrected chi connectivity index (χ4v) is 4.64. The van der Waals surface area contributed by atoms with Crippen molar-refractivity contribution in [2.45, 2.75) is 50.6 Å². The Labute approximate surface area is 182 Å². The van der Waals surface area contributed by atoms with E-state index in [9.17, 15) is 10.2 Å². The average molecular weight is 421 g/mol. The van der Waals surface area contributed by atoms with Crippen LogP contribution in [0.5, 0.6) is 0 Å². The Morgan fingerprint density at radius 3 is 2.32 bits per heavy atom. The van der Waals surface area contributed by atoms with Crippen LogP contribution in [0.2, 0.25) is 0 Å². The molecule has 2 aliphatic rings. The summed E-state index contributed by atoms with van der Waals surface area (Å²) in [5.74, 6) is -0.533. The van der Waals surface area contributed by atoms with Gasteiger partial charge in [0, 0.05) is 18.4 Å². The molecule has 6 heteroatoms. The van der Waals surface area contributed by atoms with E-state index in [1.54, 1.807) is 0 Å². The molecular formula is C25H28N2O4. The Morgan fingerprint density at radius 2 is 1.68 bits per heavy atom. The van der Waals surface area contributed by atoms with E-state index in [-0.39, 0.29) is 6.61 Å². The van der Waals surface area contributed by atoms with Gasteiger partial charge in [-0.25, -0.2) is 4.68 Å². The number of aromatic nitrogens is 2. The largest absolute Gasteiger partial charge is 0.392 e. The van der Waals surface area contributed by atoms with Gasteiger partial charge in [0.1, 0.15) is 5.60 Å². The van der Waals surface area contributed by atoms with E-state index in [1.165, 1.54) is 0 Å². The van der Waals surface area contributed by atoms with E-state index < -0.39 is 11.4 Å². The van der Waals surface area contributed by atoms with Gasteiger partial charge in [0.15, 0.2) is 5.79 Å². The van der Waals surface area contributed by atoms with Gasteiger partial charge in [0.05, 0.1) is 36.9 Å². The SMILES string of the molecule is Cc1cccc(-c2cc(C3(O)CCC4(CC3)OCCO4)nn2-c2ccc(CO)cc2)c1. The number of ether oxygens (including phenoxy) is 2. The van der Waals surface area contributed by atoms with Crippen LogP contribution in [0.4, 0.5) is 0 Å². The molecule has 0 atom stereocenters. The van der Waals surface area contributed by atoms with Crippen LogP contribution >= 0.6 is 0 Å². The second-order valence-corrected chi connectivity index (χ2v) is 8.66. The molecule has 5 rings (SSSR count). The number of rotatable bonds is 4. The Bertz CT molecular complexity index is 1060. The van der Waals surface area contributed by atoms with Gasteiger partial charge in [-0.2, -0.15) is 5.10 Å². The lowest BCUT2D eigenvalue weighted by atomic mass is 9.79. The second-order valence-electron chi connectivity index (χ2n) is 8.66. The van der Waals surface area contributed by atoms with E-state index in [1.807, 2.05) is 41.1 Å². The summed E-state index contributed by atoms with van der Waals surface area (Å²) in [6, 6.07) is 18.0. The van der Waals surface area contributed by atoms with Crippen molar-refractivity contribution in [2.75, 3.05) is 13.2 Å². The Morgan fingerprint density at radius 1 is 0.968 bits per heavy atom.